The lowest BCUT2D eigenvalue weighted by Gasteiger charge is -2.31. The van der Waals surface area contributed by atoms with Crippen molar-refractivity contribution in [1.29, 1.82) is 0 Å². The van der Waals surface area contributed by atoms with Crippen molar-refractivity contribution in [3.63, 3.8) is 0 Å². The Morgan fingerprint density at radius 3 is 2.60 bits per heavy atom. The number of hydrogen-bond acceptors (Lipinski definition) is 4. The number of amides is 1. The minimum absolute atomic E-state index is 0.0685. The molecule has 1 saturated heterocycles. The number of rotatable bonds is 4. The van der Waals surface area contributed by atoms with Gasteiger partial charge in [-0.25, -0.2) is 8.42 Å². The van der Waals surface area contributed by atoms with Gasteiger partial charge in [-0.3, -0.25) is 9.10 Å². The van der Waals surface area contributed by atoms with Crippen molar-refractivity contribution in [1.82, 2.24) is 10.2 Å². The summed E-state index contributed by atoms with van der Waals surface area (Å²) in [5.74, 6) is -0.328. The maximum absolute atomic E-state index is 13.4. The zero-order valence-electron chi connectivity index (χ0n) is 17.0. The second-order valence-electron chi connectivity index (χ2n) is 8.00. The van der Waals surface area contributed by atoms with Crippen LogP contribution in [0.4, 0.5) is 5.69 Å². The van der Waals surface area contributed by atoms with Crippen LogP contribution in [0.5, 0.6) is 0 Å². The number of likely N-dealkylation sites (tertiary alicyclic amines) is 1. The van der Waals surface area contributed by atoms with E-state index >= 15 is 0 Å². The highest BCUT2D eigenvalue weighted by Crippen LogP contribution is 2.32. The molecule has 0 bridgehead atoms. The number of para-hydroxylation sites is 1. The molecule has 2 aliphatic heterocycles. The molecule has 6 nitrogen and oxygen atoms in total. The Balaban J connectivity index is 1.61. The average Bonchev–Trinajstić information content (AvgIpc) is 2.75. The number of sulfonamides is 1. The molecule has 2 aliphatic rings. The lowest BCUT2D eigenvalue weighted by atomic mass is 10.0. The maximum Gasteiger partial charge on any atom is 0.264 e. The van der Waals surface area contributed by atoms with Crippen LogP contribution in [0, 0.1) is 0 Å². The third kappa shape index (κ3) is 4.19. The fourth-order valence-corrected chi connectivity index (χ4v) is 5.90. The van der Waals surface area contributed by atoms with Gasteiger partial charge in [0, 0.05) is 12.6 Å². The van der Waals surface area contributed by atoms with Crippen molar-refractivity contribution in [2.45, 2.75) is 36.6 Å². The molecular weight excluding hydrogens is 422 g/mol. The van der Waals surface area contributed by atoms with E-state index in [9.17, 15) is 13.2 Å². The number of aryl methyl sites for hydroxylation is 1. The molecule has 2 aromatic carbocycles. The molecule has 1 N–H and O–H groups in total. The second kappa shape index (κ2) is 8.57. The molecule has 2 aromatic rings. The Hall–Kier alpha value is -2.09. The summed E-state index contributed by atoms with van der Waals surface area (Å²) in [5.41, 5.74) is 1.92. The first-order valence-corrected chi connectivity index (χ1v) is 12.1. The van der Waals surface area contributed by atoms with Crippen LogP contribution in [0.25, 0.3) is 0 Å². The number of carbonyl (C=O) groups excluding carboxylic acids is 1. The van der Waals surface area contributed by atoms with Crippen LogP contribution in [0.3, 0.4) is 0 Å². The lowest BCUT2D eigenvalue weighted by molar-refractivity contribution is 0.0917. The zero-order chi connectivity index (χ0) is 21.3. The third-order valence-corrected chi connectivity index (χ3v) is 8.03. The number of nitrogens with zero attached hydrogens (tertiary/aromatic N) is 2. The van der Waals surface area contributed by atoms with Crippen LogP contribution in [0.15, 0.2) is 47.4 Å². The highest BCUT2D eigenvalue weighted by Gasteiger charge is 2.30. The summed E-state index contributed by atoms with van der Waals surface area (Å²) in [7, 11) is -1.74. The van der Waals surface area contributed by atoms with Gasteiger partial charge >= 0.3 is 0 Å². The van der Waals surface area contributed by atoms with Gasteiger partial charge in [-0.1, -0.05) is 29.8 Å². The number of carbonyl (C=O) groups is 1. The van der Waals surface area contributed by atoms with Crippen LogP contribution >= 0.6 is 11.6 Å². The normalized spacial score (nSPS) is 18.1. The third-order valence-electron chi connectivity index (χ3n) is 5.89. The van der Waals surface area contributed by atoms with Crippen LogP contribution in [0.2, 0.25) is 5.02 Å². The predicted molar refractivity (Wildman–Crippen MR) is 119 cm³/mol. The molecule has 0 unspecified atom stereocenters. The minimum atomic E-state index is -3.80. The summed E-state index contributed by atoms with van der Waals surface area (Å²) >= 11 is 6.27. The van der Waals surface area contributed by atoms with Crippen molar-refractivity contribution in [3.05, 3.63) is 58.6 Å². The van der Waals surface area contributed by atoms with Gasteiger partial charge in [0.1, 0.15) is 0 Å². The van der Waals surface area contributed by atoms with E-state index in [4.69, 9.17) is 11.6 Å². The molecule has 0 spiro atoms. The van der Waals surface area contributed by atoms with Crippen LogP contribution in [0.1, 0.15) is 35.2 Å². The van der Waals surface area contributed by atoms with Crippen LogP contribution in [-0.4, -0.2) is 51.9 Å². The quantitative estimate of drug-likeness (QED) is 0.780. The number of anilines is 1. The molecule has 30 heavy (non-hydrogen) atoms. The zero-order valence-corrected chi connectivity index (χ0v) is 18.5. The van der Waals surface area contributed by atoms with E-state index < -0.39 is 10.0 Å². The highest BCUT2D eigenvalue weighted by molar-refractivity contribution is 7.92. The Bertz CT molecular complexity index is 1050. The van der Waals surface area contributed by atoms with E-state index in [0.29, 0.717) is 12.2 Å². The Kier molecular flexibility index (Phi) is 6.04. The van der Waals surface area contributed by atoms with Gasteiger partial charge < -0.3 is 10.2 Å². The van der Waals surface area contributed by atoms with E-state index in [1.165, 1.54) is 22.5 Å². The first-order valence-electron chi connectivity index (χ1n) is 10.3. The first kappa shape index (κ1) is 21.2. The maximum atomic E-state index is 13.4. The van der Waals surface area contributed by atoms with Crippen molar-refractivity contribution in [2.24, 2.45) is 0 Å². The fraction of sp³-hybridized carbons (Fsp3) is 0.409. The molecule has 1 amide bonds. The van der Waals surface area contributed by atoms with Crippen LogP contribution in [-0.2, 0) is 16.4 Å². The molecule has 0 aliphatic carbocycles. The molecular formula is C22H26ClN3O3S. The van der Waals surface area contributed by atoms with Crippen molar-refractivity contribution < 1.29 is 13.2 Å². The highest BCUT2D eigenvalue weighted by atomic mass is 35.5. The second-order valence-corrected chi connectivity index (χ2v) is 10.3. The molecule has 1 fully saturated rings. The average molecular weight is 448 g/mol. The summed E-state index contributed by atoms with van der Waals surface area (Å²) in [4.78, 5) is 15.2. The standard InChI is InChI=1S/C22H26ClN3O3S/c1-25-13-10-17(11-14-25)24-22(27)19-15-18(8-9-20(19)23)30(28,29)26-12-4-6-16-5-2-3-7-21(16)26/h2-3,5,7-9,15,17H,4,6,10-14H2,1H3,(H,24,27). The molecule has 0 radical (unpaired) electrons. The van der Waals surface area contributed by atoms with Crippen molar-refractivity contribution >= 4 is 33.2 Å². The smallest absolute Gasteiger partial charge is 0.264 e. The Labute approximate surface area is 182 Å². The molecule has 0 aromatic heterocycles. The van der Waals surface area contributed by atoms with Gasteiger partial charge in [0.15, 0.2) is 0 Å². The van der Waals surface area contributed by atoms with Gasteiger partial charge in [0.05, 0.1) is 21.2 Å². The minimum Gasteiger partial charge on any atom is -0.349 e. The van der Waals surface area contributed by atoms with Gasteiger partial charge in [-0.15, -0.1) is 0 Å². The molecule has 2 heterocycles. The summed E-state index contributed by atoms with van der Waals surface area (Å²) in [6, 6.07) is 12.0. The number of halogens is 1. The molecule has 8 heteroatoms. The number of nitrogens with one attached hydrogen (secondary N) is 1. The van der Waals surface area contributed by atoms with E-state index in [2.05, 4.69) is 17.3 Å². The van der Waals surface area contributed by atoms with Gasteiger partial charge in [-0.05, 0) is 75.6 Å². The number of fused-ring (bicyclic) bond motifs is 1. The topological polar surface area (TPSA) is 69.7 Å². The van der Waals surface area contributed by atoms with E-state index in [-0.39, 0.29) is 27.4 Å². The number of benzene rings is 2. The lowest BCUT2D eigenvalue weighted by Crippen LogP contribution is -2.43. The molecule has 4 rings (SSSR count). The molecule has 0 atom stereocenters. The van der Waals surface area contributed by atoms with Crippen molar-refractivity contribution in [2.75, 3.05) is 31.0 Å². The van der Waals surface area contributed by atoms with Crippen molar-refractivity contribution in [3.8, 4) is 0 Å². The largest absolute Gasteiger partial charge is 0.349 e. The van der Waals surface area contributed by atoms with Gasteiger partial charge in [-0.2, -0.15) is 0 Å². The Morgan fingerprint density at radius 1 is 1.10 bits per heavy atom. The monoisotopic (exact) mass is 447 g/mol. The summed E-state index contributed by atoms with van der Waals surface area (Å²) in [6.45, 7) is 2.25. The van der Waals surface area contributed by atoms with E-state index in [0.717, 1.165) is 44.3 Å². The fourth-order valence-electron chi connectivity index (χ4n) is 4.13. The molecule has 160 valence electrons. The van der Waals surface area contributed by atoms with Gasteiger partial charge in [0.25, 0.3) is 15.9 Å². The summed E-state index contributed by atoms with van der Waals surface area (Å²) in [6.07, 6.45) is 3.34. The van der Waals surface area contributed by atoms with Gasteiger partial charge in [0.2, 0.25) is 0 Å². The number of piperidine rings is 1. The first-order chi connectivity index (χ1) is 14.4. The molecule has 0 saturated carbocycles. The van der Waals surface area contributed by atoms with E-state index in [1.54, 1.807) is 0 Å². The van der Waals surface area contributed by atoms with Crippen LogP contribution < -0.4 is 9.62 Å². The SMILES string of the molecule is CN1CCC(NC(=O)c2cc(S(=O)(=O)N3CCCc4ccccc43)ccc2Cl)CC1. The summed E-state index contributed by atoms with van der Waals surface area (Å²) < 4.78 is 28.3. The Morgan fingerprint density at radius 2 is 1.83 bits per heavy atom. The summed E-state index contributed by atoms with van der Waals surface area (Å²) in [5, 5.41) is 3.26. The predicted octanol–water partition coefficient (Wildman–Crippen LogP) is 3.31. The number of hydrogen-bond donors (Lipinski definition) is 1. The van der Waals surface area contributed by atoms with E-state index in [1.807, 2.05) is 24.3 Å².